The number of fused-ring (bicyclic) bond motifs is 1. The van der Waals surface area contributed by atoms with Crippen LogP contribution in [0.4, 0.5) is 0 Å². The molecule has 0 spiro atoms. The van der Waals surface area contributed by atoms with Gasteiger partial charge in [0.2, 0.25) is 11.8 Å². The second kappa shape index (κ2) is 7.55. The van der Waals surface area contributed by atoms with E-state index < -0.39 is 5.91 Å². The first-order valence-electron chi connectivity index (χ1n) is 7.68. The molecule has 1 heterocycles. The topological polar surface area (TPSA) is 88.0 Å². The summed E-state index contributed by atoms with van der Waals surface area (Å²) in [6, 6.07) is 6.09. The third-order valence-electron chi connectivity index (χ3n) is 3.56. The summed E-state index contributed by atoms with van der Waals surface area (Å²) in [6.45, 7) is 6.09. The van der Waals surface area contributed by atoms with Crippen molar-refractivity contribution >= 4 is 34.5 Å². The maximum absolute atomic E-state index is 12.4. The molecule has 0 saturated carbocycles. The molecule has 0 aliphatic heterocycles. The van der Waals surface area contributed by atoms with Crippen molar-refractivity contribution in [3.8, 4) is 0 Å². The van der Waals surface area contributed by atoms with Crippen LogP contribution in [0.2, 0.25) is 0 Å². The molecule has 23 heavy (non-hydrogen) atoms. The van der Waals surface area contributed by atoms with E-state index in [1.165, 1.54) is 17.3 Å². The highest BCUT2D eigenvalue weighted by Gasteiger charge is 2.23. The summed E-state index contributed by atoms with van der Waals surface area (Å²) in [4.78, 5) is 27.6. The minimum Gasteiger partial charge on any atom is -0.368 e. The number of thioether (sulfide) groups is 1. The molecular formula is C17H23N3O2S. The summed E-state index contributed by atoms with van der Waals surface area (Å²) in [5.41, 5.74) is 7.34. The molecule has 1 unspecified atom stereocenters. The van der Waals surface area contributed by atoms with Crippen LogP contribution in [0.15, 0.2) is 29.3 Å². The molecule has 1 atom stereocenters. The van der Waals surface area contributed by atoms with Gasteiger partial charge in [0.05, 0.1) is 11.8 Å². The summed E-state index contributed by atoms with van der Waals surface area (Å²) in [7, 11) is 0. The number of benzene rings is 1. The second-order valence-corrected chi connectivity index (χ2v) is 7.32. The van der Waals surface area contributed by atoms with Gasteiger partial charge in [0.25, 0.3) is 0 Å². The van der Waals surface area contributed by atoms with Gasteiger partial charge in [-0.3, -0.25) is 9.59 Å². The van der Waals surface area contributed by atoms with Crippen LogP contribution < -0.4 is 11.1 Å². The molecule has 0 fully saturated rings. The SMILES string of the molecule is Cc1cccc2[nH]cc(SC(CC(C)C)C(=O)NCC(N)=O)c12. The lowest BCUT2D eigenvalue weighted by atomic mass is 10.1. The maximum atomic E-state index is 12.4. The van der Waals surface area contributed by atoms with Crippen LogP contribution in [0.3, 0.4) is 0 Å². The smallest absolute Gasteiger partial charge is 0.236 e. The molecule has 5 nitrogen and oxygen atoms in total. The monoisotopic (exact) mass is 333 g/mol. The zero-order chi connectivity index (χ0) is 17.0. The van der Waals surface area contributed by atoms with E-state index in [2.05, 4.69) is 37.1 Å². The summed E-state index contributed by atoms with van der Waals surface area (Å²) in [6.07, 6.45) is 2.67. The number of aromatic amines is 1. The Morgan fingerprint density at radius 2 is 2.09 bits per heavy atom. The van der Waals surface area contributed by atoms with Gasteiger partial charge in [-0.25, -0.2) is 0 Å². The third kappa shape index (κ3) is 4.51. The van der Waals surface area contributed by atoms with E-state index >= 15 is 0 Å². The average molecular weight is 333 g/mol. The predicted octanol–water partition coefficient (Wildman–Crippen LogP) is 2.58. The molecule has 0 saturated heterocycles. The van der Waals surface area contributed by atoms with Crippen LogP contribution in [0, 0.1) is 12.8 Å². The molecule has 2 aromatic rings. The summed E-state index contributed by atoms with van der Waals surface area (Å²) in [5, 5.41) is 3.51. The minimum absolute atomic E-state index is 0.124. The van der Waals surface area contributed by atoms with Crippen molar-refractivity contribution in [3.63, 3.8) is 0 Å². The van der Waals surface area contributed by atoms with Gasteiger partial charge in [-0.05, 0) is 30.9 Å². The Balaban J connectivity index is 2.22. The number of aromatic nitrogens is 1. The number of hydrogen-bond donors (Lipinski definition) is 3. The van der Waals surface area contributed by atoms with Gasteiger partial charge in [-0.2, -0.15) is 0 Å². The Hall–Kier alpha value is -1.95. The number of H-pyrrole nitrogens is 1. The fraction of sp³-hybridized carbons (Fsp3) is 0.412. The number of aryl methyl sites for hydroxylation is 1. The number of amides is 2. The van der Waals surface area contributed by atoms with Crippen LogP contribution in [-0.4, -0.2) is 28.6 Å². The lowest BCUT2D eigenvalue weighted by Crippen LogP contribution is -2.39. The molecule has 1 aromatic carbocycles. The highest BCUT2D eigenvalue weighted by Crippen LogP contribution is 2.35. The zero-order valence-corrected chi connectivity index (χ0v) is 14.5. The molecule has 0 radical (unpaired) electrons. The van der Waals surface area contributed by atoms with Gasteiger partial charge in [-0.15, -0.1) is 11.8 Å². The Bertz CT molecular complexity index is 709. The molecule has 2 rings (SSSR count). The highest BCUT2D eigenvalue weighted by molar-refractivity contribution is 8.00. The Morgan fingerprint density at radius 1 is 1.35 bits per heavy atom. The highest BCUT2D eigenvalue weighted by atomic mass is 32.2. The number of nitrogens with two attached hydrogens (primary N) is 1. The second-order valence-electron chi connectivity index (χ2n) is 6.07. The van der Waals surface area contributed by atoms with Crippen molar-refractivity contribution in [1.29, 1.82) is 0 Å². The lowest BCUT2D eigenvalue weighted by Gasteiger charge is -2.18. The molecule has 0 bridgehead atoms. The fourth-order valence-corrected chi connectivity index (χ4v) is 4.00. The zero-order valence-electron chi connectivity index (χ0n) is 13.7. The minimum atomic E-state index is -0.533. The lowest BCUT2D eigenvalue weighted by molar-refractivity contribution is -0.124. The van der Waals surface area contributed by atoms with Crippen molar-refractivity contribution in [2.75, 3.05) is 6.54 Å². The van der Waals surface area contributed by atoms with Crippen LogP contribution >= 0.6 is 11.8 Å². The number of primary amides is 1. The standard InChI is InChI=1S/C17H23N3O2S/c1-10(2)7-13(17(22)20-9-15(18)21)23-14-8-19-12-6-4-5-11(3)16(12)14/h4-6,8,10,13,19H,7,9H2,1-3H3,(H2,18,21)(H,20,22). The van der Waals surface area contributed by atoms with Crippen LogP contribution in [-0.2, 0) is 9.59 Å². The molecule has 1 aromatic heterocycles. The number of nitrogens with one attached hydrogen (secondary N) is 2. The van der Waals surface area contributed by atoms with E-state index in [4.69, 9.17) is 5.73 Å². The van der Waals surface area contributed by atoms with E-state index in [9.17, 15) is 9.59 Å². The van der Waals surface area contributed by atoms with Crippen molar-refractivity contribution in [2.45, 2.75) is 37.3 Å². The van der Waals surface area contributed by atoms with Gasteiger partial charge in [0.1, 0.15) is 0 Å². The quantitative estimate of drug-likeness (QED) is 0.681. The van der Waals surface area contributed by atoms with Crippen molar-refractivity contribution in [3.05, 3.63) is 30.0 Å². The predicted molar refractivity (Wildman–Crippen MR) is 94.3 cm³/mol. The first kappa shape index (κ1) is 17.4. The van der Waals surface area contributed by atoms with Crippen molar-refractivity contribution in [1.82, 2.24) is 10.3 Å². The number of rotatable bonds is 7. The summed E-state index contributed by atoms with van der Waals surface area (Å²) in [5.74, 6) is -0.307. The van der Waals surface area contributed by atoms with Gasteiger partial charge in [-0.1, -0.05) is 26.0 Å². The molecule has 124 valence electrons. The number of hydrogen-bond acceptors (Lipinski definition) is 3. The summed E-state index contributed by atoms with van der Waals surface area (Å²) < 4.78 is 0. The molecule has 0 aliphatic rings. The van der Waals surface area contributed by atoms with E-state index in [0.717, 1.165) is 22.2 Å². The molecular weight excluding hydrogens is 310 g/mol. The van der Waals surface area contributed by atoms with Gasteiger partial charge < -0.3 is 16.0 Å². The molecule has 0 aliphatic carbocycles. The van der Waals surface area contributed by atoms with Crippen molar-refractivity contribution < 1.29 is 9.59 Å². The molecule has 6 heteroatoms. The van der Waals surface area contributed by atoms with Crippen LogP contribution in [0.1, 0.15) is 25.8 Å². The van der Waals surface area contributed by atoms with Gasteiger partial charge in [0, 0.05) is 22.0 Å². The first-order valence-corrected chi connectivity index (χ1v) is 8.55. The van der Waals surface area contributed by atoms with E-state index in [1.54, 1.807) is 0 Å². The normalized spacial score (nSPS) is 12.5. The molecule has 4 N–H and O–H groups in total. The first-order chi connectivity index (χ1) is 10.9. The van der Waals surface area contributed by atoms with Gasteiger partial charge in [0.15, 0.2) is 0 Å². The van der Waals surface area contributed by atoms with Gasteiger partial charge >= 0.3 is 0 Å². The van der Waals surface area contributed by atoms with E-state index in [1.807, 2.05) is 18.3 Å². The van der Waals surface area contributed by atoms with E-state index in [0.29, 0.717) is 5.92 Å². The Labute approximate surface area is 140 Å². The maximum Gasteiger partial charge on any atom is 0.236 e. The number of carbonyl (C=O) groups excluding carboxylic acids is 2. The Kier molecular flexibility index (Phi) is 5.71. The van der Waals surface area contributed by atoms with E-state index in [-0.39, 0.29) is 17.7 Å². The van der Waals surface area contributed by atoms with Crippen molar-refractivity contribution in [2.24, 2.45) is 11.7 Å². The van der Waals surface area contributed by atoms with Crippen LogP contribution in [0.25, 0.3) is 10.9 Å². The summed E-state index contributed by atoms with van der Waals surface area (Å²) >= 11 is 1.53. The average Bonchev–Trinajstić information content (AvgIpc) is 2.88. The van der Waals surface area contributed by atoms with Crippen LogP contribution in [0.5, 0.6) is 0 Å². The Morgan fingerprint density at radius 3 is 2.74 bits per heavy atom. The number of carbonyl (C=O) groups is 2. The fourth-order valence-electron chi connectivity index (χ4n) is 2.50. The largest absolute Gasteiger partial charge is 0.368 e. The molecule has 2 amide bonds. The third-order valence-corrected chi connectivity index (χ3v) is 4.83.